The average Bonchev–Trinajstić information content (AvgIpc) is 2.47. The summed E-state index contributed by atoms with van der Waals surface area (Å²) in [6, 6.07) is 6.95. The van der Waals surface area contributed by atoms with E-state index in [9.17, 15) is 9.59 Å². The molecule has 2 N–H and O–H groups in total. The second kappa shape index (κ2) is 5.75. The first-order chi connectivity index (χ1) is 9.35. The molecule has 5 nitrogen and oxygen atoms in total. The first-order valence-corrected chi connectivity index (χ1v) is 7.36. The Hall–Kier alpha value is -1.69. The van der Waals surface area contributed by atoms with Crippen molar-refractivity contribution in [1.29, 1.82) is 0 Å². The molecular formula is C14H18N2O3S. The second-order valence-corrected chi connectivity index (χ2v) is 6.56. The third kappa shape index (κ3) is 3.90. The SMILES string of the molecule is CC(C)(C)OC(=O)N[C@H]1CSc2ccccc2NC1=O. The Morgan fingerprint density at radius 3 is 2.80 bits per heavy atom. The monoisotopic (exact) mass is 294 g/mol. The summed E-state index contributed by atoms with van der Waals surface area (Å²) in [5.74, 6) is 0.246. The molecule has 1 aliphatic heterocycles. The van der Waals surface area contributed by atoms with Crippen LogP contribution in [0.3, 0.4) is 0 Å². The van der Waals surface area contributed by atoms with Crippen LogP contribution in [0.2, 0.25) is 0 Å². The molecule has 108 valence electrons. The van der Waals surface area contributed by atoms with Crippen molar-refractivity contribution in [3.8, 4) is 0 Å². The molecule has 2 amide bonds. The van der Waals surface area contributed by atoms with E-state index in [4.69, 9.17) is 4.74 Å². The molecule has 0 saturated carbocycles. The first-order valence-electron chi connectivity index (χ1n) is 6.37. The molecule has 1 aliphatic rings. The maximum Gasteiger partial charge on any atom is 0.408 e. The number of thioether (sulfide) groups is 1. The number of anilines is 1. The Kier molecular flexibility index (Phi) is 4.23. The average molecular weight is 294 g/mol. The molecule has 0 fully saturated rings. The Morgan fingerprint density at radius 2 is 2.10 bits per heavy atom. The van der Waals surface area contributed by atoms with E-state index in [1.807, 2.05) is 24.3 Å². The summed E-state index contributed by atoms with van der Waals surface area (Å²) in [6.07, 6.45) is -0.579. The third-order valence-corrected chi connectivity index (χ3v) is 3.72. The van der Waals surface area contributed by atoms with E-state index in [2.05, 4.69) is 10.6 Å². The molecule has 0 aliphatic carbocycles. The number of carbonyl (C=O) groups excluding carboxylic acids is 2. The number of hydrogen-bond donors (Lipinski definition) is 2. The van der Waals surface area contributed by atoms with Gasteiger partial charge in [0.15, 0.2) is 0 Å². The summed E-state index contributed by atoms with van der Waals surface area (Å²) in [5.41, 5.74) is 0.192. The fourth-order valence-corrected chi connectivity index (χ4v) is 2.75. The molecule has 1 aromatic rings. The van der Waals surface area contributed by atoms with Gasteiger partial charge >= 0.3 is 6.09 Å². The number of amides is 2. The van der Waals surface area contributed by atoms with E-state index >= 15 is 0 Å². The number of para-hydroxylation sites is 1. The summed E-state index contributed by atoms with van der Waals surface area (Å²) >= 11 is 1.53. The minimum atomic E-state index is -0.609. The zero-order chi connectivity index (χ0) is 14.8. The molecule has 1 heterocycles. The second-order valence-electron chi connectivity index (χ2n) is 5.50. The summed E-state index contributed by atoms with van der Waals surface area (Å²) < 4.78 is 5.17. The lowest BCUT2D eigenvalue weighted by molar-refractivity contribution is -0.117. The molecule has 6 heteroatoms. The molecule has 0 bridgehead atoms. The highest BCUT2D eigenvalue weighted by Gasteiger charge is 2.27. The van der Waals surface area contributed by atoms with Gasteiger partial charge in [-0.25, -0.2) is 4.79 Å². The number of alkyl carbamates (subject to hydrolysis) is 1. The standard InChI is InChI=1S/C14H18N2O3S/c1-14(2,3)19-13(18)16-10-8-20-11-7-5-4-6-9(11)15-12(10)17/h4-7,10H,8H2,1-3H3,(H,15,17)(H,16,18)/t10-/m0/s1. The van der Waals surface area contributed by atoms with Crippen molar-refractivity contribution >= 4 is 29.4 Å². The topological polar surface area (TPSA) is 67.4 Å². The van der Waals surface area contributed by atoms with Crippen molar-refractivity contribution in [2.45, 2.75) is 37.3 Å². The van der Waals surface area contributed by atoms with Crippen molar-refractivity contribution in [3.05, 3.63) is 24.3 Å². The van der Waals surface area contributed by atoms with Crippen molar-refractivity contribution in [2.75, 3.05) is 11.1 Å². The van der Waals surface area contributed by atoms with Crippen LogP contribution in [0.15, 0.2) is 29.2 Å². The van der Waals surface area contributed by atoms with Gasteiger partial charge in [0.05, 0.1) is 5.69 Å². The first kappa shape index (κ1) is 14.7. The van der Waals surface area contributed by atoms with Gasteiger partial charge in [0.1, 0.15) is 11.6 Å². The highest BCUT2D eigenvalue weighted by Crippen LogP contribution is 2.30. The molecule has 1 atom stereocenters. The number of carbonyl (C=O) groups is 2. The molecule has 0 aromatic heterocycles. The van der Waals surface area contributed by atoms with Crippen molar-refractivity contribution in [1.82, 2.24) is 5.32 Å². The maximum atomic E-state index is 12.1. The zero-order valence-electron chi connectivity index (χ0n) is 11.7. The molecule has 0 spiro atoms. The van der Waals surface area contributed by atoms with Crippen molar-refractivity contribution in [3.63, 3.8) is 0 Å². The van der Waals surface area contributed by atoms with Gasteiger partial charge < -0.3 is 15.4 Å². The third-order valence-electron chi connectivity index (χ3n) is 2.56. The molecule has 0 saturated heterocycles. The van der Waals surface area contributed by atoms with Crippen LogP contribution in [0.25, 0.3) is 0 Å². The van der Waals surface area contributed by atoms with Crippen LogP contribution < -0.4 is 10.6 Å². The molecular weight excluding hydrogens is 276 g/mol. The maximum absolute atomic E-state index is 12.1. The minimum absolute atomic E-state index is 0.228. The number of fused-ring (bicyclic) bond motifs is 1. The zero-order valence-corrected chi connectivity index (χ0v) is 12.5. The fraction of sp³-hybridized carbons (Fsp3) is 0.429. The quantitative estimate of drug-likeness (QED) is 0.835. The number of ether oxygens (including phenoxy) is 1. The summed E-state index contributed by atoms with van der Waals surface area (Å²) in [4.78, 5) is 24.8. The van der Waals surface area contributed by atoms with E-state index in [1.54, 1.807) is 20.8 Å². The van der Waals surface area contributed by atoms with Crippen LogP contribution in [0.5, 0.6) is 0 Å². The summed E-state index contributed by atoms with van der Waals surface area (Å²) in [5, 5.41) is 5.42. The van der Waals surface area contributed by atoms with Gasteiger partial charge in [-0.1, -0.05) is 12.1 Å². The number of rotatable bonds is 1. The predicted octanol–water partition coefficient (Wildman–Crippen LogP) is 2.62. The van der Waals surface area contributed by atoms with Gasteiger partial charge in [0.2, 0.25) is 5.91 Å². The van der Waals surface area contributed by atoms with Crippen LogP contribution in [-0.2, 0) is 9.53 Å². The van der Waals surface area contributed by atoms with Gasteiger partial charge in [-0.05, 0) is 32.9 Å². The molecule has 0 unspecified atom stereocenters. The smallest absolute Gasteiger partial charge is 0.408 e. The van der Waals surface area contributed by atoms with E-state index in [0.29, 0.717) is 5.75 Å². The minimum Gasteiger partial charge on any atom is -0.444 e. The van der Waals surface area contributed by atoms with Gasteiger partial charge in [0.25, 0.3) is 0 Å². The van der Waals surface area contributed by atoms with Crippen LogP contribution in [0, 0.1) is 0 Å². The van der Waals surface area contributed by atoms with E-state index in [-0.39, 0.29) is 5.91 Å². The van der Waals surface area contributed by atoms with Crippen molar-refractivity contribution in [2.24, 2.45) is 0 Å². The van der Waals surface area contributed by atoms with Crippen LogP contribution in [0.1, 0.15) is 20.8 Å². The van der Waals surface area contributed by atoms with E-state index in [0.717, 1.165) is 10.6 Å². The normalized spacial score (nSPS) is 18.6. The van der Waals surface area contributed by atoms with Gasteiger partial charge in [0, 0.05) is 10.6 Å². The number of hydrogen-bond acceptors (Lipinski definition) is 4. The molecule has 1 aromatic carbocycles. The lowest BCUT2D eigenvalue weighted by Gasteiger charge is -2.22. The Balaban J connectivity index is 2.02. The number of nitrogens with one attached hydrogen (secondary N) is 2. The Bertz CT molecular complexity index is 525. The van der Waals surface area contributed by atoms with Gasteiger partial charge in [-0.15, -0.1) is 11.8 Å². The van der Waals surface area contributed by atoms with Gasteiger partial charge in [-0.3, -0.25) is 4.79 Å². The summed E-state index contributed by atoms with van der Waals surface area (Å²) in [7, 11) is 0. The molecule has 2 rings (SSSR count). The predicted molar refractivity (Wildman–Crippen MR) is 79.0 cm³/mol. The van der Waals surface area contributed by atoms with Gasteiger partial charge in [-0.2, -0.15) is 0 Å². The van der Waals surface area contributed by atoms with E-state index < -0.39 is 17.7 Å². The van der Waals surface area contributed by atoms with Crippen molar-refractivity contribution < 1.29 is 14.3 Å². The number of benzene rings is 1. The fourth-order valence-electron chi connectivity index (χ4n) is 1.72. The largest absolute Gasteiger partial charge is 0.444 e. The molecule has 0 radical (unpaired) electrons. The lowest BCUT2D eigenvalue weighted by atomic mass is 10.2. The van der Waals surface area contributed by atoms with Crippen LogP contribution >= 0.6 is 11.8 Å². The highest BCUT2D eigenvalue weighted by atomic mass is 32.2. The summed E-state index contributed by atoms with van der Waals surface area (Å²) in [6.45, 7) is 5.35. The Labute approximate surface area is 122 Å². The lowest BCUT2D eigenvalue weighted by Crippen LogP contribution is -2.46. The van der Waals surface area contributed by atoms with Crippen LogP contribution in [0.4, 0.5) is 10.5 Å². The Morgan fingerprint density at radius 1 is 1.40 bits per heavy atom. The van der Waals surface area contributed by atoms with Crippen LogP contribution in [-0.4, -0.2) is 29.4 Å². The molecule has 20 heavy (non-hydrogen) atoms. The van der Waals surface area contributed by atoms with E-state index in [1.165, 1.54) is 11.8 Å². The highest BCUT2D eigenvalue weighted by molar-refractivity contribution is 7.99.